The van der Waals surface area contributed by atoms with Gasteiger partial charge in [-0.1, -0.05) is 30.0 Å². The van der Waals surface area contributed by atoms with E-state index in [1.807, 2.05) is 43.3 Å². The Balaban J connectivity index is 1.27. The number of carbonyl (C=O) groups excluding carboxylic acids is 1. The number of rotatable bonds is 8. The van der Waals surface area contributed by atoms with Crippen molar-refractivity contribution in [1.29, 1.82) is 0 Å². The average molecular weight is 450 g/mol. The van der Waals surface area contributed by atoms with Gasteiger partial charge in [0.15, 0.2) is 0 Å². The Morgan fingerprint density at radius 1 is 1.00 bits per heavy atom. The van der Waals surface area contributed by atoms with Crippen LogP contribution in [0.25, 0.3) is 0 Å². The lowest BCUT2D eigenvalue weighted by atomic mass is 10.2. The number of thioether (sulfide) groups is 1. The lowest BCUT2D eigenvalue weighted by Crippen LogP contribution is -2.46. The topological polar surface area (TPSA) is 70.6 Å². The van der Waals surface area contributed by atoms with E-state index in [-0.39, 0.29) is 11.7 Å². The number of nitrogens with one attached hydrogen (secondary N) is 1. The van der Waals surface area contributed by atoms with Gasteiger partial charge in [0.05, 0.1) is 12.4 Å². The van der Waals surface area contributed by atoms with Crippen LogP contribution in [0.4, 0.5) is 17.2 Å². The molecule has 8 heteroatoms. The number of hydrogen-bond acceptors (Lipinski definition) is 7. The van der Waals surface area contributed by atoms with Gasteiger partial charge < -0.3 is 19.9 Å². The zero-order valence-corrected chi connectivity index (χ0v) is 18.9. The number of benzene rings is 2. The Labute approximate surface area is 192 Å². The Kier molecular flexibility index (Phi) is 7.45. The highest BCUT2D eigenvalue weighted by molar-refractivity contribution is 7.99. The molecule has 32 heavy (non-hydrogen) atoms. The molecule has 0 spiro atoms. The molecule has 0 saturated carbocycles. The summed E-state index contributed by atoms with van der Waals surface area (Å²) >= 11 is 1.41. The molecular weight excluding hydrogens is 422 g/mol. The van der Waals surface area contributed by atoms with Crippen LogP contribution >= 0.6 is 11.8 Å². The highest BCUT2D eigenvalue weighted by atomic mass is 32.2. The number of ether oxygens (including phenoxy) is 1. The van der Waals surface area contributed by atoms with Crippen LogP contribution in [0.3, 0.4) is 0 Å². The van der Waals surface area contributed by atoms with Gasteiger partial charge in [0.1, 0.15) is 22.9 Å². The number of nitrogens with zero attached hydrogens (tertiary/aromatic N) is 4. The number of amides is 1. The van der Waals surface area contributed by atoms with E-state index in [0.29, 0.717) is 6.61 Å². The number of carbonyl (C=O) groups is 1. The van der Waals surface area contributed by atoms with Crippen molar-refractivity contribution in [3.63, 3.8) is 0 Å². The predicted octanol–water partition coefficient (Wildman–Crippen LogP) is 3.93. The number of aromatic nitrogens is 2. The van der Waals surface area contributed by atoms with E-state index in [2.05, 4.69) is 49.4 Å². The lowest BCUT2D eigenvalue weighted by Gasteiger charge is -2.36. The maximum atomic E-state index is 12.3. The van der Waals surface area contributed by atoms with Crippen molar-refractivity contribution < 1.29 is 9.53 Å². The Hall–Kier alpha value is -3.26. The summed E-state index contributed by atoms with van der Waals surface area (Å²) in [5.74, 6) is 1.90. The van der Waals surface area contributed by atoms with Crippen LogP contribution in [0.5, 0.6) is 5.75 Å². The molecule has 1 aromatic heterocycles. The molecule has 1 aliphatic heterocycles. The third kappa shape index (κ3) is 5.91. The second-order valence-electron chi connectivity index (χ2n) is 7.32. The molecule has 1 amide bonds. The molecule has 7 nitrogen and oxygen atoms in total. The van der Waals surface area contributed by atoms with Gasteiger partial charge in [0.25, 0.3) is 0 Å². The van der Waals surface area contributed by atoms with E-state index in [1.165, 1.54) is 17.4 Å². The molecule has 166 valence electrons. The van der Waals surface area contributed by atoms with Crippen molar-refractivity contribution in [3.05, 3.63) is 67.0 Å². The largest absolute Gasteiger partial charge is 0.494 e. The van der Waals surface area contributed by atoms with Crippen LogP contribution in [0, 0.1) is 0 Å². The summed E-state index contributed by atoms with van der Waals surface area (Å²) in [5.41, 5.74) is 2.00. The van der Waals surface area contributed by atoms with E-state index in [0.717, 1.165) is 48.5 Å². The molecule has 1 aliphatic rings. The Morgan fingerprint density at radius 2 is 1.72 bits per heavy atom. The van der Waals surface area contributed by atoms with Gasteiger partial charge in [-0.25, -0.2) is 9.97 Å². The molecule has 1 saturated heterocycles. The highest BCUT2D eigenvalue weighted by Crippen LogP contribution is 2.23. The summed E-state index contributed by atoms with van der Waals surface area (Å²) in [6, 6.07) is 19.8. The summed E-state index contributed by atoms with van der Waals surface area (Å²) in [4.78, 5) is 25.8. The Morgan fingerprint density at radius 3 is 2.44 bits per heavy atom. The first-order valence-electron chi connectivity index (χ1n) is 10.7. The van der Waals surface area contributed by atoms with Crippen molar-refractivity contribution in [2.24, 2.45) is 0 Å². The normalized spacial score (nSPS) is 13.7. The fraction of sp³-hybridized carbons (Fsp3) is 0.292. The van der Waals surface area contributed by atoms with Crippen molar-refractivity contribution in [3.8, 4) is 5.75 Å². The van der Waals surface area contributed by atoms with Gasteiger partial charge in [-0.05, 0) is 43.3 Å². The zero-order valence-electron chi connectivity index (χ0n) is 18.1. The Bertz CT molecular complexity index is 1010. The lowest BCUT2D eigenvalue weighted by molar-refractivity contribution is -0.113. The summed E-state index contributed by atoms with van der Waals surface area (Å²) in [6.07, 6.45) is 1.57. The van der Waals surface area contributed by atoms with E-state index in [9.17, 15) is 4.79 Å². The van der Waals surface area contributed by atoms with Crippen LogP contribution in [0.15, 0.2) is 72.0 Å². The van der Waals surface area contributed by atoms with Gasteiger partial charge >= 0.3 is 0 Å². The van der Waals surface area contributed by atoms with Gasteiger partial charge in [0.2, 0.25) is 5.91 Å². The third-order valence-electron chi connectivity index (χ3n) is 5.15. The minimum atomic E-state index is -0.0733. The predicted molar refractivity (Wildman–Crippen MR) is 130 cm³/mol. The van der Waals surface area contributed by atoms with Crippen LogP contribution in [-0.4, -0.2) is 54.4 Å². The summed E-state index contributed by atoms with van der Waals surface area (Å²) in [5, 5.41) is 3.70. The number of piperazine rings is 1. The first-order valence-corrected chi connectivity index (χ1v) is 11.7. The fourth-order valence-corrected chi connectivity index (χ4v) is 4.21. The van der Waals surface area contributed by atoms with Gasteiger partial charge in [-0.3, -0.25) is 4.79 Å². The van der Waals surface area contributed by atoms with Gasteiger partial charge in [0, 0.05) is 43.6 Å². The van der Waals surface area contributed by atoms with E-state index >= 15 is 0 Å². The molecule has 3 aromatic rings. The maximum absolute atomic E-state index is 12.3. The second-order valence-corrected chi connectivity index (χ2v) is 8.31. The standard InChI is InChI=1S/C24H27N5O2S/c1-2-31-21-10-8-19(9-11-21)27-23(30)17-32-24-16-22(25-18-26-24)29-14-12-28(13-15-29)20-6-4-3-5-7-20/h3-11,16,18H,2,12-15,17H2,1H3,(H,27,30). The van der Waals surface area contributed by atoms with Crippen LogP contribution < -0.4 is 19.9 Å². The van der Waals surface area contributed by atoms with E-state index < -0.39 is 0 Å². The highest BCUT2D eigenvalue weighted by Gasteiger charge is 2.19. The number of hydrogen-bond donors (Lipinski definition) is 1. The molecular formula is C24H27N5O2S. The third-order valence-corrected chi connectivity index (χ3v) is 6.08. The molecule has 1 N–H and O–H groups in total. The minimum absolute atomic E-state index is 0.0733. The second kappa shape index (κ2) is 10.9. The fourth-order valence-electron chi connectivity index (χ4n) is 3.55. The molecule has 0 aliphatic carbocycles. The van der Waals surface area contributed by atoms with Gasteiger partial charge in [-0.2, -0.15) is 0 Å². The summed E-state index contributed by atoms with van der Waals surface area (Å²) in [7, 11) is 0. The molecule has 4 rings (SSSR count). The van der Waals surface area contributed by atoms with E-state index in [4.69, 9.17) is 4.74 Å². The van der Waals surface area contributed by atoms with Crippen molar-refractivity contribution in [1.82, 2.24) is 9.97 Å². The number of anilines is 3. The molecule has 2 heterocycles. The summed E-state index contributed by atoms with van der Waals surface area (Å²) < 4.78 is 5.42. The first-order chi connectivity index (χ1) is 15.7. The SMILES string of the molecule is CCOc1ccc(NC(=O)CSc2cc(N3CCN(c4ccccc4)CC3)ncn2)cc1. The minimum Gasteiger partial charge on any atom is -0.494 e. The van der Waals surface area contributed by atoms with Crippen LogP contribution in [0.1, 0.15) is 6.92 Å². The zero-order chi connectivity index (χ0) is 22.2. The average Bonchev–Trinajstić information content (AvgIpc) is 2.85. The van der Waals surface area contributed by atoms with Crippen molar-refractivity contribution in [2.45, 2.75) is 11.9 Å². The number of para-hydroxylation sites is 1. The van der Waals surface area contributed by atoms with Crippen LogP contribution in [-0.2, 0) is 4.79 Å². The first kappa shape index (κ1) is 22.0. The van der Waals surface area contributed by atoms with Crippen LogP contribution in [0.2, 0.25) is 0 Å². The molecule has 1 fully saturated rings. The van der Waals surface area contributed by atoms with E-state index in [1.54, 1.807) is 6.33 Å². The van der Waals surface area contributed by atoms with Gasteiger partial charge in [-0.15, -0.1) is 0 Å². The molecule has 2 aromatic carbocycles. The molecule has 0 unspecified atom stereocenters. The molecule has 0 atom stereocenters. The summed E-state index contributed by atoms with van der Waals surface area (Å²) in [6.45, 7) is 6.24. The van der Waals surface area contributed by atoms with Crippen molar-refractivity contribution >= 4 is 34.9 Å². The smallest absolute Gasteiger partial charge is 0.234 e. The van der Waals surface area contributed by atoms with Crippen molar-refractivity contribution in [2.75, 3.05) is 53.7 Å². The molecule has 0 radical (unpaired) electrons. The molecule has 0 bridgehead atoms. The maximum Gasteiger partial charge on any atom is 0.234 e. The monoisotopic (exact) mass is 449 g/mol. The quantitative estimate of drug-likeness (QED) is 0.413.